The van der Waals surface area contributed by atoms with E-state index >= 15 is 0 Å². The molecule has 0 aliphatic heterocycles. The van der Waals surface area contributed by atoms with Gasteiger partial charge in [-0.25, -0.2) is 14.0 Å². The Hall–Kier alpha value is -4.20. The Morgan fingerprint density at radius 1 is 0.971 bits per heavy atom. The quantitative estimate of drug-likeness (QED) is 0.358. The fourth-order valence-electron chi connectivity index (χ4n) is 3.34. The number of anilines is 2. The fraction of sp³-hybridized carbons (Fsp3) is 0.192. The largest absolute Gasteiger partial charge is 0.467 e. The van der Waals surface area contributed by atoms with Crippen LogP contribution >= 0.6 is 0 Å². The van der Waals surface area contributed by atoms with Crippen LogP contribution in [0.1, 0.15) is 12.0 Å². The van der Waals surface area contributed by atoms with Crippen molar-refractivity contribution < 1.29 is 28.2 Å². The predicted molar refractivity (Wildman–Crippen MR) is 127 cm³/mol. The predicted octanol–water partition coefficient (Wildman–Crippen LogP) is 4.94. The van der Waals surface area contributed by atoms with Crippen LogP contribution in [0.25, 0.3) is 11.1 Å². The number of halogens is 1. The normalized spacial score (nSPS) is 11.3. The van der Waals surface area contributed by atoms with Gasteiger partial charge in [0, 0.05) is 17.8 Å². The summed E-state index contributed by atoms with van der Waals surface area (Å²) in [6, 6.07) is 19.4. The number of esters is 1. The Bertz CT molecular complexity index is 1120. The van der Waals surface area contributed by atoms with E-state index in [1.807, 2.05) is 43.3 Å². The lowest BCUT2D eigenvalue weighted by molar-refractivity contribution is -0.143. The highest BCUT2D eigenvalue weighted by Crippen LogP contribution is 2.25. The van der Waals surface area contributed by atoms with Crippen molar-refractivity contribution in [3.63, 3.8) is 0 Å². The first kappa shape index (κ1) is 24.4. The molecule has 7 nitrogen and oxygen atoms in total. The Morgan fingerprint density at radius 3 is 2.12 bits per heavy atom. The van der Waals surface area contributed by atoms with Crippen molar-refractivity contribution in [2.45, 2.75) is 19.4 Å². The van der Waals surface area contributed by atoms with Crippen LogP contribution in [0.2, 0.25) is 0 Å². The highest BCUT2D eigenvalue weighted by Gasteiger charge is 2.27. The van der Waals surface area contributed by atoms with E-state index in [0.29, 0.717) is 17.8 Å². The Kier molecular flexibility index (Phi) is 8.34. The van der Waals surface area contributed by atoms with Gasteiger partial charge < -0.3 is 14.4 Å². The molecule has 1 atom stereocenters. The van der Waals surface area contributed by atoms with E-state index in [9.17, 15) is 18.8 Å². The second-order valence-corrected chi connectivity index (χ2v) is 7.52. The monoisotopic (exact) mass is 464 g/mol. The third-order valence-electron chi connectivity index (χ3n) is 5.19. The minimum absolute atomic E-state index is 0.0158. The first-order chi connectivity index (χ1) is 16.4. The molecule has 3 rings (SSSR count). The summed E-state index contributed by atoms with van der Waals surface area (Å²) in [4.78, 5) is 37.5. The zero-order valence-electron chi connectivity index (χ0n) is 18.9. The van der Waals surface area contributed by atoms with Crippen LogP contribution in [-0.4, -0.2) is 38.2 Å². The molecule has 176 valence electrons. The number of benzene rings is 3. The van der Waals surface area contributed by atoms with Gasteiger partial charge in [-0.05, 0) is 54.4 Å². The Morgan fingerprint density at radius 2 is 1.56 bits per heavy atom. The second kappa shape index (κ2) is 11.6. The molecule has 0 unspecified atom stereocenters. The van der Waals surface area contributed by atoms with E-state index in [4.69, 9.17) is 9.47 Å². The Balaban J connectivity index is 1.65. The number of ether oxygens (including phenoxy) is 2. The van der Waals surface area contributed by atoms with Gasteiger partial charge in [-0.15, -0.1) is 0 Å². The lowest BCUT2D eigenvalue weighted by Gasteiger charge is -2.26. The molecule has 0 spiro atoms. The lowest BCUT2D eigenvalue weighted by Crippen LogP contribution is -2.42. The maximum atomic E-state index is 13.0. The topological polar surface area (TPSA) is 84.9 Å². The number of carbonyl (C=O) groups excluding carboxylic acids is 3. The van der Waals surface area contributed by atoms with Crippen molar-refractivity contribution in [3.8, 4) is 11.1 Å². The molecule has 0 aliphatic rings. The number of methoxy groups -OCH3 is 1. The SMILES string of the molecule is COC(=O)[C@H](CCOC(=O)Nc1ccc(F)cc1)N(C=O)c1ccc(-c2ccc(C)cc2)cc1. The van der Waals surface area contributed by atoms with Crippen molar-refractivity contribution in [2.75, 3.05) is 23.9 Å². The molecular weight excluding hydrogens is 439 g/mol. The van der Waals surface area contributed by atoms with Gasteiger partial charge in [0.1, 0.15) is 11.9 Å². The molecule has 0 aliphatic carbocycles. The van der Waals surface area contributed by atoms with E-state index < -0.39 is 23.9 Å². The van der Waals surface area contributed by atoms with Gasteiger partial charge >= 0.3 is 12.1 Å². The molecule has 3 aromatic rings. The number of aryl methyl sites for hydroxylation is 1. The van der Waals surface area contributed by atoms with E-state index in [1.54, 1.807) is 12.1 Å². The minimum Gasteiger partial charge on any atom is -0.467 e. The molecule has 0 bridgehead atoms. The van der Waals surface area contributed by atoms with E-state index in [1.165, 1.54) is 36.3 Å². The summed E-state index contributed by atoms with van der Waals surface area (Å²) in [5, 5.41) is 2.46. The van der Waals surface area contributed by atoms with Crippen LogP contribution in [0.4, 0.5) is 20.6 Å². The van der Waals surface area contributed by atoms with Crippen LogP contribution in [0.15, 0.2) is 72.8 Å². The summed E-state index contributed by atoms with van der Waals surface area (Å²) < 4.78 is 23.0. The first-order valence-corrected chi connectivity index (χ1v) is 10.6. The summed E-state index contributed by atoms with van der Waals surface area (Å²) in [7, 11) is 1.22. The number of nitrogens with one attached hydrogen (secondary N) is 1. The molecule has 8 heteroatoms. The molecule has 34 heavy (non-hydrogen) atoms. The molecular formula is C26H25FN2O5. The van der Waals surface area contributed by atoms with Gasteiger partial charge in [0.25, 0.3) is 0 Å². The smallest absolute Gasteiger partial charge is 0.411 e. The fourth-order valence-corrected chi connectivity index (χ4v) is 3.34. The minimum atomic E-state index is -0.994. The molecule has 2 amide bonds. The summed E-state index contributed by atoms with van der Waals surface area (Å²) in [6.45, 7) is 1.86. The van der Waals surface area contributed by atoms with Gasteiger partial charge in [0.15, 0.2) is 0 Å². The molecule has 1 N–H and O–H groups in total. The maximum absolute atomic E-state index is 13.0. The number of carbonyl (C=O) groups is 3. The Labute approximate surface area is 197 Å². The zero-order chi connectivity index (χ0) is 24.5. The number of rotatable bonds is 9. The molecule has 0 saturated carbocycles. The average Bonchev–Trinajstić information content (AvgIpc) is 2.85. The molecule has 0 aromatic heterocycles. The van der Waals surface area contributed by atoms with Gasteiger partial charge in [-0.2, -0.15) is 0 Å². The summed E-state index contributed by atoms with van der Waals surface area (Å²) >= 11 is 0. The standard InChI is InChI=1S/C26H25FN2O5/c1-18-3-5-19(6-4-18)20-7-13-23(14-8-20)29(17-30)24(25(31)33-2)15-16-34-26(32)28-22-11-9-21(27)10-12-22/h3-14,17,24H,15-16H2,1-2H3,(H,28,32)/t24-/m0/s1. The zero-order valence-corrected chi connectivity index (χ0v) is 18.9. The van der Waals surface area contributed by atoms with E-state index in [-0.39, 0.29) is 13.0 Å². The summed E-state index contributed by atoms with van der Waals surface area (Å²) in [5.74, 6) is -1.07. The van der Waals surface area contributed by atoms with Gasteiger partial charge in [0.05, 0.1) is 13.7 Å². The van der Waals surface area contributed by atoms with Crippen molar-refractivity contribution in [1.82, 2.24) is 0 Å². The molecule has 3 aromatic carbocycles. The van der Waals surface area contributed by atoms with Crippen LogP contribution in [0.5, 0.6) is 0 Å². The number of amides is 2. The first-order valence-electron chi connectivity index (χ1n) is 10.6. The highest BCUT2D eigenvalue weighted by molar-refractivity contribution is 5.89. The van der Waals surface area contributed by atoms with E-state index in [2.05, 4.69) is 5.32 Å². The third-order valence-corrected chi connectivity index (χ3v) is 5.19. The van der Waals surface area contributed by atoms with E-state index in [0.717, 1.165) is 16.7 Å². The van der Waals surface area contributed by atoms with Crippen LogP contribution in [0.3, 0.4) is 0 Å². The van der Waals surface area contributed by atoms with Gasteiger partial charge in [-0.1, -0.05) is 42.0 Å². The second-order valence-electron chi connectivity index (χ2n) is 7.52. The van der Waals surface area contributed by atoms with Gasteiger partial charge in [0.2, 0.25) is 6.41 Å². The van der Waals surface area contributed by atoms with Crippen molar-refractivity contribution in [2.24, 2.45) is 0 Å². The number of hydrogen-bond acceptors (Lipinski definition) is 5. The van der Waals surface area contributed by atoms with Crippen molar-refractivity contribution in [3.05, 3.63) is 84.2 Å². The van der Waals surface area contributed by atoms with Crippen LogP contribution in [-0.2, 0) is 19.1 Å². The average molecular weight is 464 g/mol. The lowest BCUT2D eigenvalue weighted by atomic mass is 10.0. The summed E-state index contributed by atoms with van der Waals surface area (Å²) in [5.41, 5.74) is 4.00. The third kappa shape index (κ3) is 6.41. The highest BCUT2D eigenvalue weighted by atomic mass is 19.1. The molecule has 0 radical (unpaired) electrons. The molecule has 0 heterocycles. The molecule has 0 fully saturated rings. The van der Waals surface area contributed by atoms with Crippen molar-refractivity contribution >= 4 is 29.8 Å². The molecule has 0 saturated heterocycles. The number of hydrogen-bond donors (Lipinski definition) is 1. The van der Waals surface area contributed by atoms with Crippen LogP contribution < -0.4 is 10.2 Å². The maximum Gasteiger partial charge on any atom is 0.411 e. The summed E-state index contributed by atoms with van der Waals surface area (Å²) in [6.07, 6.45) is -0.210. The number of nitrogens with zero attached hydrogens (tertiary/aromatic N) is 1. The van der Waals surface area contributed by atoms with Gasteiger partial charge in [-0.3, -0.25) is 10.1 Å². The van der Waals surface area contributed by atoms with Crippen LogP contribution in [0, 0.1) is 12.7 Å². The van der Waals surface area contributed by atoms with Crippen molar-refractivity contribution in [1.29, 1.82) is 0 Å².